The summed E-state index contributed by atoms with van der Waals surface area (Å²) in [4.78, 5) is 12.5. The van der Waals surface area contributed by atoms with Crippen molar-refractivity contribution < 1.29 is 4.79 Å². The van der Waals surface area contributed by atoms with E-state index in [0.29, 0.717) is 11.3 Å². The summed E-state index contributed by atoms with van der Waals surface area (Å²) in [5, 5.41) is 3.04. The Morgan fingerprint density at radius 2 is 1.81 bits per heavy atom. The topological polar surface area (TPSA) is 55.1 Å². The maximum absolute atomic E-state index is 12.5. The van der Waals surface area contributed by atoms with Gasteiger partial charge in [-0.2, -0.15) is 0 Å². The molecule has 0 bridgehead atoms. The van der Waals surface area contributed by atoms with E-state index in [1.54, 1.807) is 6.07 Å². The highest BCUT2D eigenvalue weighted by Gasteiger charge is 2.16. The number of hydrogen-bond acceptors (Lipinski definition) is 2. The Hall–Kier alpha value is -2.29. The summed E-state index contributed by atoms with van der Waals surface area (Å²) in [6.45, 7) is 8.01. The molecule has 1 atom stereocenters. The quantitative estimate of drug-likeness (QED) is 0.844. The molecule has 3 nitrogen and oxygen atoms in total. The molecular weight excluding hydrogens is 260 g/mol. The third-order valence-electron chi connectivity index (χ3n) is 3.77. The van der Waals surface area contributed by atoms with Crippen molar-refractivity contribution in [3.8, 4) is 0 Å². The summed E-state index contributed by atoms with van der Waals surface area (Å²) in [5.41, 5.74) is 11.4. The third kappa shape index (κ3) is 3.24. The average Bonchev–Trinajstić information content (AvgIpc) is 2.37. The number of amides is 1. The molecule has 21 heavy (non-hydrogen) atoms. The molecule has 3 N–H and O–H groups in total. The van der Waals surface area contributed by atoms with E-state index in [0.717, 1.165) is 11.1 Å². The second-order valence-corrected chi connectivity index (χ2v) is 5.59. The Morgan fingerprint density at radius 1 is 1.10 bits per heavy atom. The Kier molecular flexibility index (Phi) is 4.32. The largest absolute Gasteiger partial charge is 0.398 e. The molecule has 0 aliphatic heterocycles. The van der Waals surface area contributed by atoms with E-state index < -0.39 is 0 Å². The first kappa shape index (κ1) is 15.1. The van der Waals surface area contributed by atoms with Crippen LogP contribution >= 0.6 is 0 Å². The van der Waals surface area contributed by atoms with E-state index in [2.05, 4.69) is 37.4 Å². The van der Waals surface area contributed by atoms with Crippen LogP contribution < -0.4 is 11.1 Å². The van der Waals surface area contributed by atoms with Gasteiger partial charge < -0.3 is 11.1 Å². The minimum Gasteiger partial charge on any atom is -0.398 e. The van der Waals surface area contributed by atoms with Gasteiger partial charge in [-0.15, -0.1) is 0 Å². The standard InChI is InChI=1S/C18H22N2O/c1-11-8-9-15(13(3)10-11)14(4)20-18(21)17-12(2)6-5-7-16(17)19/h5-10,14H,19H2,1-4H3,(H,20,21). The molecule has 0 heterocycles. The lowest BCUT2D eigenvalue weighted by Crippen LogP contribution is -2.28. The van der Waals surface area contributed by atoms with E-state index in [1.165, 1.54) is 11.1 Å². The maximum Gasteiger partial charge on any atom is 0.254 e. The molecule has 2 aromatic rings. The van der Waals surface area contributed by atoms with Gasteiger partial charge in [0.25, 0.3) is 5.91 Å². The smallest absolute Gasteiger partial charge is 0.254 e. The molecule has 0 radical (unpaired) electrons. The fraction of sp³-hybridized carbons (Fsp3) is 0.278. The van der Waals surface area contributed by atoms with Crippen molar-refractivity contribution in [2.24, 2.45) is 0 Å². The number of nitrogens with two attached hydrogens (primary N) is 1. The van der Waals surface area contributed by atoms with Crippen LogP contribution in [0, 0.1) is 20.8 Å². The lowest BCUT2D eigenvalue weighted by molar-refractivity contribution is 0.0940. The van der Waals surface area contributed by atoms with Crippen molar-refractivity contribution in [1.82, 2.24) is 5.32 Å². The van der Waals surface area contributed by atoms with Crippen LogP contribution in [0.15, 0.2) is 36.4 Å². The van der Waals surface area contributed by atoms with Crippen LogP contribution in [0.5, 0.6) is 0 Å². The van der Waals surface area contributed by atoms with Gasteiger partial charge in [0, 0.05) is 5.69 Å². The van der Waals surface area contributed by atoms with Crippen molar-refractivity contribution >= 4 is 11.6 Å². The predicted molar refractivity (Wildman–Crippen MR) is 87.4 cm³/mol. The van der Waals surface area contributed by atoms with E-state index in [-0.39, 0.29) is 11.9 Å². The molecule has 2 rings (SSSR count). The fourth-order valence-corrected chi connectivity index (χ4v) is 2.66. The second-order valence-electron chi connectivity index (χ2n) is 5.59. The number of hydrogen-bond donors (Lipinski definition) is 2. The van der Waals surface area contributed by atoms with Gasteiger partial charge in [-0.05, 0) is 50.5 Å². The normalized spacial score (nSPS) is 12.0. The van der Waals surface area contributed by atoms with Crippen molar-refractivity contribution in [3.05, 3.63) is 64.2 Å². The van der Waals surface area contributed by atoms with E-state index in [9.17, 15) is 4.79 Å². The van der Waals surface area contributed by atoms with Gasteiger partial charge in [0.2, 0.25) is 0 Å². The lowest BCUT2D eigenvalue weighted by atomic mass is 9.99. The molecule has 0 aliphatic rings. The molecule has 110 valence electrons. The summed E-state index contributed by atoms with van der Waals surface area (Å²) in [6.07, 6.45) is 0. The van der Waals surface area contributed by atoms with Gasteiger partial charge in [-0.3, -0.25) is 4.79 Å². The molecule has 0 saturated heterocycles. The Balaban J connectivity index is 2.23. The first-order valence-corrected chi connectivity index (χ1v) is 7.13. The first-order chi connectivity index (χ1) is 9.90. The molecule has 1 amide bonds. The summed E-state index contributed by atoms with van der Waals surface area (Å²) in [5.74, 6) is -0.127. The number of anilines is 1. The van der Waals surface area contributed by atoms with Crippen LogP contribution in [0.3, 0.4) is 0 Å². The number of benzene rings is 2. The monoisotopic (exact) mass is 282 g/mol. The first-order valence-electron chi connectivity index (χ1n) is 7.13. The number of nitrogen functional groups attached to an aromatic ring is 1. The maximum atomic E-state index is 12.5. The Bertz CT molecular complexity index is 657. The molecule has 1 unspecified atom stereocenters. The second kappa shape index (κ2) is 6.00. The van der Waals surface area contributed by atoms with Crippen LogP contribution in [0.4, 0.5) is 5.69 Å². The van der Waals surface area contributed by atoms with Crippen LogP contribution in [-0.2, 0) is 0 Å². The molecule has 2 aromatic carbocycles. The van der Waals surface area contributed by atoms with Crippen molar-refractivity contribution in [3.63, 3.8) is 0 Å². The Morgan fingerprint density at radius 3 is 2.43 bits per heavy atom. The van der Waals surface area contributed by atoms with Gasteiger partial charge in [0.15, 0.2) is 0 Å². The molecule has 0 aromatic heterocycles. The van der Waals surface area contributed by atoms with Crippen LogP contribution in [0.1, 0.15) is 45.6 Å². The average molecular weight is 282 g/mol. The highest BCUT2D eigenvalue weighted by molar-refractivity contribution is 6.00. The number of rotatable bonds is 3. The number of aryl methyl sites for hydroxylation is 3. The SMILES string of the molecule is Cc1ccc(C(C)NC(=O)c2c(C)cccc2N)c(C)c1. The van der Waals surface area contributed by atoms with Gasteiger partial charge in [-0.25, -0.2) is 0 Å². The molecule has 0 saturated carbocycles. The van der Waals surface area contributed by atoms with Crippen molar-refractivity contribution in [2.75, 3.05) is 5.73 Å². The molecule has 0 aliphatic carbocycles. The highest BCUT2D eigenvalue weighted by atomic mass is 16.1. The van der Waals surface area contributed by atoms with Gasteiger partial charge in [-0.1, -0.05) is 35.9 Å². The van der Waals surface area contributed by atoms with Gasteiger partial charge >= 0.3 is 0 Å². The van der Waals surface area contributed by atoms with Crippen molar-refractivity contribution in [2.45, 2.75) is 33.7 Å². The predicted octanol–water partition coefficient (Wildman–Crippen LogP) is 3.69. The zero-order chi connectivity index (χ0) is 15.6. The summed E-state index contributed by atoms with van der Waals surface area (Å²) in [7, 11) is 0. The summed E-state index contributed by atoms with van der Waals surface area (Å²) >= 11 is 0. The minimum atomic E-state index is -0.127. The van der Waals surface area contributed by atoms with E-state index in [1.807, 2.05) is 26.0 Å². The lowest BCUT2D eigenvalue weighted by Gasteiger charge is -2.18. The number of carbonyl (C=O) groups is 1. The van der Waals surface area contributed by atoms with E-state index >= 15 is 0 Å². The molecule has 0 spiro atoms. The summed E-state index contributed by atoms with van der Waals surface area (Å²) in [6, 6.07) is 11.7. The third-order valence-corrected chi connectivity index (χ3v) is 3.77. The number of nitrogens with one attached hydrogen (secondary N) is 1. The molecule has 0 fully saturated rings. The van der Waals surface area contributed by atoms with Crippen LogP contribution in [0.2, 0.25) is 0 Å². The van der Waals surface area contributed by atoms with Crippen LogP contribution in [-0.4, -0.2) is 5.91 Å². The van der Waals surface area contributed by atoms with Crippen molar-refractivity contribution in [1.29, 1.82) is 0 Å². The van der Waals surface area contributed by atoms with Gasteiger partial charge in [0.1, 0.15) is 0 Å². The van der Waals surface area contributed by atoms with E-state index in [4.69, 9.17) is 5.73 Å². The fourth-order valence-electron chi connectivity index (χ4n) is 2.66. The highest BCUT2D eigenvalue weighted by Crippen LogP contribution is 2.21. The summed E-state index contributed by atoms with van der Waals surface area (Å²) < 4.78 is 0. The van der Waals surface area contributed by atoms with Crippen LogP contribution in [0.25, 0.3) is 0 Å². The molecule has 3 heteroatoms. The zero-order valence-corrected chi connectivity index (χ0v) is 13.0. The zero-order valence-electron chi connectivity index (χ0n) is 13.0. The molecular formula is C18H22N2O. The Labute approximate surface area is 126 Å². The minimum absolute atomic E-state index is 0.0582. The number of carbonyl (C=O) groups excluding carboxylic acids is 1. The van der Waals surface area contributed by atoms with Gasteiger partial charge in [0.05, 0.1) is 11.6 Å².